The monoisotopic (exact) mass is 256 g/mol. The van der Waals surface area contributed by atoms with Crippen LogP contribution in [0.5, 0.6) is 5.75 Å². The van der Waals surface area contributed by atoms with Gasteiger partial charge in [-0.2, -0.15) is 0 Å². The van der Waals surface area contributed by atoms with Crippen LogP contribution in [0.15, 0.2) is 42.5 Å². The second-order valence-electron chi connectivity index (χ2n) is 4.43. The summed E-state index contributed by atoms with van der Waals surface area (Å²) in [6.07, 6.45) is 0.210. The van der Waals surface area contributed by atoms with Crippen LogP contribution in [-0.4, -0.2) is 11.0 Å². The third-order valence-electron chi connectivity index (χ3n) is 2.90. The summed E-state index contributed by atoms with van der Waals surface area (Å²) in [7, 11) is 0. The topological polar surface area (TPSA) is 75.4 Å². The second kappa shape index (κ2) is 5.44. The Hall–Kier alpha value is -2.49. The number of carbonyl (C=O) groups is 1. The zero-order valence-electron chi connectivity index (χ0n) is 10.7. The van der Waals surface area contributed by atoms with Gasteiger partial charge >= 0.3 is 0 Å². The number of para-hydroxylation sites is 1. The molecule has 0 aliphatic carbocycles. The van der Waals surface area contributed by atoms with Crippen LogP contribution >= 0.6 is 0 Å². The van der Waals surface area contributed by atoms with Crippen molar-refractivity contribution in [3.05, 3.63) is 53.6 Å². The Balaban J connectivity index is 2.05. The van der Waals surface area contributed by atoms with E-state index in [0.717, 1.165) is 11.1 Å². The number of amides is 1. The third kappa shape index (κ3) is 3.25. The second-order valence-corrected chi connectivity index (χ2v) is 4.43. The summed E-state index contributed by atoms with van der Waals surface area (Å²) in [4.78, 5) is 11.9. The molecule has 98 valence electrons. The van der Waals surface area contributed by atoms with E-state index in [2.05, 4.69) is 5.32 Å². The van der Waals surface area contributed by atoms with Crippen LogP contribution in [0.25, 0.3) is 0 Å². The predicted octanol–water partition coefficient (Wildman–Crippen LogP) is 2.46. The number of rotatable bonds is 3. The molecule has 4 N–H and O–H groups in total. The summed E-state index contributed by atoms with van der Waals surface area (Å²) in [5.74, 6) is -0.00169. The molecule has 0 fully saturated rings. The molecule has 0 aliphatic heterocycles. The lowest BCUT2D eigenvalue weighted by atomic mass is 10.1. The van der Waals surface area contributed by atoms with E-state index in [9.17, 15) is 9.90 Å². The van der Waals surface area contributed by atoms with Gasteiger partial charge in [0.15, 0.2) is 0 Å². The van der Waals surface area contributed by atoms with E-state index in [0.29, 0.717) is 11.4 Å². The van der Waals surface area contributed by atoms with Gasteiger partial charge in [0.1, 0.15) is 5.75 Å². The average Bonchev–Trinajstić information content (AvgIpc) is 2.37. The fourth-order valence-electron chi connectivity index (χ4n) is 1.76. The van der Waals surface area contributed by atoms with E-state index in [1.54, 1.807) is 25.1 Å². The SMILES string of the molecule is Cc1ccc(NC(=O)Cc2ccccc2N)cc1O. The first-order valence-corrected chi connectivity index (χ1v) is 5.99. The lowest BCUT2D eigenvalue weighted by molar-refractivity contribution is -0.115. The molecular weight excluding hydrogens is 240 g/mol. The zero-order chi connectivity index (χ0) is 13.8. The average molecular weight is 256 g/mol. The van der Waals surface area contributed by atoms with Crippen LogP contribution in [-0.2, 0) is 11.2 Å². The van der Waals surface area contributed by atoms with Crippen molar-refractivity contribution in [3.63, 3.8) is 0 Å². The van der Waals surface area contributed by atoms with Crippen molar-refractivity contribution in [1.82, 2.24) is 0 Å². The molecule has 0 spiro atoms. The van der Waals surface area contributed by atoms with E-state index in [1.165, 1.54) is 6.07 Å². The van der Waals surface area contributed by atoms with Crippen molar-refractivity contribution in [2.45, 2.75) is 13.3 Å². The fraction of sp³-hybridized carbons (Fsp3) is 0.133. The summed E-state index contributed by atoms with van der Waals surface area (Å²) >= 11 is 0. The number of anilines is 2. The molecule has 4 nitrogen and oxygen atoms in total. The van der Waals surface area contributed by atoms with Gasteiger partial charge in [-0.25, -0.2) is 0 Å². The third-order valence-corrected chi connectivity index (χ3v) is 2.90. The van der Waals surface area contributed by atoms with Crippen molar-refractivity contribution in [2.75, 3.05) is 11.1 Å². The zero-order valence-corrected chi connectivity index (χ0v) is 10.7. The molecule has 0 aromatic heterocycles. The largest absolute Gasteiger partial charge is 0.508 e. The van der Waals surface area contributed by atoms with Gasteiger partial charge in [-0.1, -0.05) is 24.3 Å². The summed E-state index contributed by atoms with van der Waals surface area (Å²) < 4.78 is 0. The Bertz CT molecular complexity index is 609. The lowest BCUT2D eigenvalue weighted by Crippen LogP contribution is -2.15. The molecule has 0 saturated carbocycles. The molecular formula is C15H16N2O2. The van der Waals surface area contributed by atoms with Gasteiger partial charge in [-0.05, 0) is 30.2 Å². The molecule has 0 aliphatic rings. The van der Waals surface area contributed by atoms with Crippen LogP contribution in [0, 0.1) is 6.92 Å². The highest BCUT2D eigenvalue weighted by Crippen LogP contribution is 2.21. The van der Waals surface area contributed by atoms with Crippen LogP contribution in [0.3, 0.4) is 0 Å². The van der Waals surface area contributed by atoms with E-state index < -0.39 is 0 Å². The standard InChI is InChI=1S/C15H16N2O2/c1-10-6-7-12(9-14(10)18)17-15(19)8-11-4-2-3-5-13(11)16/h2-7,9,18H,8,16H2,1H3,(H,17,19). The summed E-state index contributed by atoms with van der Waals surface area (Å²) in [5, 5.41) is 12.3. The summed E-state index contributed by atoms with van der Waals surface area (Å²) in [5.41, 5.74) is 8.52. The van der Waals surface area contributed by atoms with Crippen molar-refractivity contribution >= 4 is 17.3 Å². The smallest absolute Gasteiger partial charge is 0.228 e. The van der Waals surface area contributed by atoms with Gasteiger partial charge in [0.2, 0.25) is 5.91 Å². The van der Waals surface area contributed by atoms with Crippen molar-refractivity contribution in [3.8, 4) is 5.75 Å². The van der Waals surface area contributed by atoms with Gasteiger partial charge in [0, 0.05) is 17.4 Å². The molecule has 2 rings (SSSR count). The number of carbonyl (C=O) groups excluding carboxylic acids is 1. The number of benzene rings is 2. The number of nitrogen functional groups attached to an aromatic ring is 1. The van der Waals surface area contributed by atoms with Crippen molar-refractivity contribution < 1.29 is 9.90 Å². The molecule has 0 heterocycles. The Morgan fingerprint density at radius 1 is 1.26 bits per heavy atom. The number of hydrogen-bond acceptors (Lipinski definition) is 3. The first-order valence-electron chi connectivity index (χ1n) is 5.99. The van der Waals surface area contributed by atoms with Crippen molar-refractivity contribution in [1.29, 1.82) is 0 Å². The quantitative estimate of drug-likeness (QED) is 0.738. The maximum absolute atomic E-state index is 11.9. The number of phenols is 1. The number of hydrogen-bond donors (Lipinski definition) is 3. The Kier molecular flexibility index (Phi) is 3.71. The molecule has 1 amide bonds. The van der Waals surface area contributed by atoms with Crippen LogP contribution < -0.4 is 11.1 Å². The maximum Gasteiger partial charge on any atom is 0.228 e. The minimum atomic E-state index is -0.166. The first kappa shape index (κ1) is 13.0. The first-order chi connectivity index (χ1) is 9.06. The van der Waals surface area contributed by atoms with Gasteiger partial charge in [0.25, 0.3) is 0 Å². The van der Waals surface area contributed by atoms with E-state index in [4.69, 9.17) is 5.73 Å². The van der Waals surface area contributed by atoms with Gasteiger partial charge in [-0.3, -0.25) is 4.79 Å². The van der Waals surface area contributed by atoms with Crippen LogP contribution in [0.1, 0.15) is 11.1 Å². The Morgan fingerprint density at radius 3 is 2.68 bits per heavy atom. The van der Waals surface area contributed by atoms with Gasteiger partial charge in [0.05, 0.1) is 6.42 Å². The van der Waals surface area contributed by atoms with Crippen LogP contribution in [0.2, 0.25) is 0 Å². The van der Waals surface area contributed by atoms with Gasteiger partial charge < -0.3 is 16.2 Å². The number of nitrogens with one attached hydrogen (secondary N) is 1. The van der Waals surface area contributed by atoms with E-state index in [-0.39, 0.29) is 18.1 Å². The molecule has 0 unspecified atom stereocenters. The molecule has 2 aromatic rings. The van der Waals surface area contributed by atoms with Gasteiger partial charge in [-0.15, -0.1) is 0 Å². The van der Waals surface area contributed by atoms with E-state index >= 15 is 0 Å². The minimum absolute atomic E-state index is 0.164. The molecule has 0 atom stereocenters. The van der Waals surface area contributed by atoms with Crippen molar-refractivity contribution in [2.24, 2.45) is 0 Å². The number of phenolic OH excluding ortho intramolecular Hbond substituents is 1. The van der Waals surface area contributed by atoms with Crippen LogP contribution in [0.4, 0.5) is 11.4 Å². The molecule has 4 heteroatoms. The number of aryl methyl sites for hydroxylation is 1. The summed E-state index contributed by atoms with van der Waals surface area (Å²) in [6.45, 7) is 1.80. The Labute approximate surface area is 111 Å². The number of nitrogens with two attached hydrogens (primary N) is 1. The Morgan fingerprint density at radius 2 is 2.00 bits per heavy atom. The molecule has 2 aromatic carbocycles. The minimum Gasteiger partial charge on any atom is -0.508 e. The molecule has 19 heavy (non-hydrogen) atoms. The highest BCUT2D eigenvalue weighted by atomic mass is 16.3. The molecule has 0 saturated heterocycles. The lowest BCUT2D eigenvalue weighted by Gasteiger charge is -2.08. The van der Waals surface area contributed by atoms with E-state index in [1.807, 2.05) is 18.2 Å². The highest BCUT2D eigenvalue weighted by Gasteiger charge is 2.07. The number of aromatic hydroxyl groups is 1. The normalized spacial score (nSPS) is 10.2. The molecule has 0 radical (unpaired) electrons. The molecule has 0 bridgehead atoms. The highest BCUT2D eigenvalue weighted by molar-refractivity contribution is 5.93. The fourth-order valence-corrected chi connectivity index (χ4v) is 1.76. The maximum atomic E-state index is 11.9. The summed E-state index contributed by atoms with van der Waals surface area (Å²) in [6, 6.07) is 12.3. The predicted molar refractivity (Wildman–Crippen MR) is 76.0 cm³/mol.